The Morgan fingerprint density at radius 2 is 1.50 bits per heavy atom. The zero-order valence-electron chi connectivity index (χ0n) is 25.8. The molecular formula is C32H40O16. The molecule has 0 radical (unpaired) electrons. The molecule has 0 amide bonds. The zero-order valence-corrected chi connectivity index (χ0v) is 25.8. The highest BCUT2D eigenvalue weighted by molar-refractivity contribution is 5.89. The second-order valence-electron chi connectivity index (χ2n) is 11.7. The third-order valence-electron chi connectivity index (χ3n) is 8.75. The third kappa shape index (κ3) is 7.79. The first kappa shape index (κ1) is 36.0. The van der Waals surface area contributed by atoms with Gasteiger partial charge in [0.25, 0.3) is 0 Å². The summed E-state index contributed by atoms with van der Waals surface area (Å²) in [6, 6.07) is 8.95. The molecule has 0 spiro atoms. The van der Waals surface area contributed by atoms with Crippen LogP contribution in [0.1, 0.15) is 12.0 Å². The van der Waals surface area contributed by atoms with Gasteiger partial charge in [-0.15, -0.1) is 0 Å². The van der Waals surface area contributed by atoms with E-state index < -0.39 is 105 Å². The number of rotatable bonds is 11. The number of hydrogen-bond donors (Lipinski definition) is 7. The number of methoxy groups -OCH3 is 1. The van der Waals surface area contributed by atoms with Crippen LogP contribution in [0.15, 0.2) is 59.9 Å². The second kappa shape index (κ2) is 16.0. The van der Waals surface area contributed by atoms with Crippen molar-refractivity contribution in [3.63, 3.8) is 0 Å². The molecule has 1 aromatic carbocycles. The van der Waals surface area contributed by atoms with E-state index in [0.717, 1.165) is 5.56 Å². The lowest BCUT2D eigenvalue weighted by Gasteiger charge is -2.44. The molecule has 4 aliphatic rings. The lowest BCUT2D eigenvalue weighted by Crippen LogP contribution is -2.62. The predicted octanol–water partition coefficient (Wildman–Crippen LogP) is -2.14. The highest BCUT2D eigenvalue weighted by Gasteiger charge is 2.51. The van der Waals surface area contributed by atoms with E-state index in [-0.39, 0.29) is 12.2 Å². The van der Waals surface area contributed by atoms with Gasteiger partial charge >= 0.3 is 11.9 Å². The smallest absolute Gasteiger partial charge is 0.337 e. The Bertz CT molecular complexity index is 1350. The zero-order chi connectivity index (χ0) is 34.5. The van der Waals surface area contributed by atoms with Crippen LogP contribution >= 0.6 is 0 Å². The number of ether oxygens (including phenoxy) is 7. The minimum absolute atomic E-state index is 0.226. The van der Waals surface area contributed by atoms with Crippen molar-refractivity contribution in [3.8, 4) is 0 Å². The van der Waals surface area contributed by atoms with Crippen LogP contribution in [0, 0.1) is 11.8 Å². The van der Waals surface area contributed by atoms with Gasteiger partial charge in [0.05, 0.1) is 38.1 Å². The van der Waals surface area contributed by atoms with Crippen LogP contribution in [0.5, 0.6) is 0 Å². The van der Waals surface area contributed by atoms with E-state index in [9.17, 15) is 45.3 Å². The topological polar surface area (TPSA) is 240 Å². The highest BCUT2D eigenvalue weighted by Crippen LogP contribution is 2.44. The van der Waals surface area contributed by atoms with Crippen LogP contribution < -0.4 is 0 Å². The van der Waals surface area contributed by atoms with E-state index in [1.807, 2.05) is 6.07 Å². The fourth-order valence-electron chi connectivity index (χ4n) is 6.04. The van der Waals surface area contributed by atoms with Gasteiger partial charge in [0.2, 0.25) is 6.29 Å². The maximum absolute atomic E-state index is 12.3. The van der Waals surface area contributed by atoms with Gasteiger partial charge in [-0.25, -0.2) is 9.59 Å². The fourth-order valence-corrected chi connectivity index (χ4v) is 6.04. The summed E-state index contributed by atoms with van der Waals surface area (Å²) in [5.74, 6) is -2.50. The number of carbonyl (C=O) groups is 2. The van der Waals surface area contributed by atoms with E-state index in [1.165, 1.54) is 25.5 Å². The Labute approximate surface area is 275 Å². The van der Waals surface area contributed by atoms with Crippen LogP contribution in [-0.2, 0) is 42.7 Å². The van der Waals surface area contributed by atoms with E-state index in [0.29, 0.717) is 12.0 Å². The first-order valence-corrected chi connectivity index (χ1v) is 15.3. The number of aliphatic hydroxyl groups excluding tert-OH is 7. The van der Waals surface area contributed by atoms with Gasteiger partial charge in [-0.1, -0.05) is 36.4 Å². The Kier molecular flexibility index (Phi) is 12.0. The second-order valence-corrected chi connectivity index (χ2v) is 11.7. The summed E-state index contributed by atoms with van der Waals surface area (Å²) in [4.78, 5) is 24.5. The van der Waals surface area contributed by atoms with Crippen molar-refractivity contribution in [1.82, 2.24) is 0 Å². The molecule has 48 heavy (non-hydrogen) atoms. The molecule has 13 atom stereocenters. The van der Waals surface area contributed by atoms with Crippen molar-refractivity contribution in [3.05, 3.63) is 65.5 Å². The molecule has 1 aromatic rings. The molecule has 0 unspecified atom stereocenters. The number of esters is 2. The van der Waals surface area contributed by atoms with Crippen LogP contribution in [0.3, 0.4) is 0 Å². The molecule has 16 heteroatoms. The number of benzene rings is 1. The quantitative estimate of drug-likeness (QED) is 0.0750. The standard InChI is InChI=1S/C32H40O16/c1-42-29(41)18-12-44-30(22-16(11-33)8-9-17(18)22)48-32-28(40)26(38)24(36)20(47-32)14-45-31-27(39)25(37)23(35)19(46-31)13-43-21(34)10-7-15-5-3-2-4-6-15/h2-8,10,12,17,19-20,22-28,30-33,35-40H,9,11,13-14H2,1H3/t17-,19+,20+,22+,23+,24+,25-,26-,27+,28+,30-,31+,32+/m0/s1. The molecule has 16 nitrogen and oxygen atoms in total. The lowest BCUT2D eigenvalue weighted by molar-refractivity contribution is -0.352. The summed E-state index contributed by atoms with van der Waals surface area (Å²) >= 11 is 0. The van der Waals surface area contributed by atoms with Crippen LogP contribution in [-0.4, -0.2) is 142 Å². The van der Waals surface area contributed by atoms with Crippen LogP contribution in [0.25, 0.3) is 6.08 Å². The molecule has 3 aliphatic heterocycles. The van der Waals surface area contributed by atoms with E-state index >= 15 is 0 Å². The van der Waals surface area contributed by atoms with Crippen molar-refractivity contribution < 1.29 is 78.5 Å². The van der Waals surface area contributed by atoms with Crippen molar-refractivity contribution in [2.45, 2.75) is 74.1 Å². The monoisotopic (exact) mass is 680 g/mol. The van der Waals surface area contributed by atoms with Gasteiger partial charge in [0, 0.05) is 12.0 Å². The third-order valence-corrected chi connectivity index (χ3v) is 8.75. The highest BCUT2D eigenvalue weighted by atomic mass is 16.8. The molecule has 2 saturated heterocycles. The summed E-state index contributed by atoms with van der Waals surface area (Å²) in [5.41, 5.74) is 1.49. The Balaban J connectivity index is 1.20. The molecule has 0 saturated carbocycles. The minimum Gasteiger partial charge on any atom is -0.471 e. The van der Waals surface area contributed by atoms with Crippen LogP contribution in [0.2, 0.25) is 0 Å². The first-order valence-electron chi connectivity index (χ1n) is 15.3. The Morgan fingerprint density at radius 3 is 2.17 bits per heavy atom. The largest absolute Gasteiger partial charge is 0.471 e. The van der Waals surface area contributed by atoms with Gasteiger partial charge in [0.15, 0.2) is 12.6 Å². The predicted molar refractivity (Wildman–Crippen MR) is 159 cm³/mol. The maximum Gasteiger partial charge on any atom is 0.337 e. The average Bonchev–Trinajstić information content (AvgIpc) is 3.54. The number of hydrogen-bond acceptors (Lipinski definition) is 16. The van der Waals surface area contributed by atoms with Gasteiger partial charge < -0.3 is 68.9 Å². The van der Waals surface area contributed by atoms with Crippen molar-refractivity contribution in [1.29, 1.82) is 0 Å². The number of carbonyl (C=O) groups excluding carboxylic acids is 2. The van der Waals surface area contributed by atoms with Crippen molar-refractivity contribution in [2.75, 3.05) is 26.9 Å². The molecular weight excluding hydrogens is 640 g/mol. The SMILES string of the molecule is COC(=O)C1=CO[C@@H](O[C@H]2O[C@H](CO[C@@H]3O[C@H](COC(=O)C=Cc4ccccc4)[C@@H](O)[C@H](O)[C@H]3O)[C@@H](O)[C@H](O)[C@H]2O)[C@@H]2C(CO)=CC[C@@H]12. The summed E-state index contributed by atoms with van der Waals surface area (Å²) in [6.07, 6.45) is -11.6. The Hall–Kier alpha value is -3.26. The molecule has 1 aliphatic carbocycles. The fraction of sp³-hybridized carbons (Fsp3) is 0.562. The van der Waals surface area contributed by atoms with Gasteiger partial charge in [-0.05, 0) is 23.6 Å². The average molecular weight is 681 g/mol. The molecule has 0 aromatic heterocycles. The summed E-state index contributed by atoms with van der Waals surface area (Å²) in [7, 11) is 1.22. The van der Waals surface area contributed by atoms with E-state index in [2.05, 4.69) is 0 Å². The maximum atomic E-state index is 12.3. The molecule has 5 rings (SSSR count). The summed E-state index contributed by atoms with van der Waals surface area (Å²) in [6.45, 7) is -1.45. The Morgan fingerprint density at radius 1 is 0.854 bits per heavy atom. The van der Waals surface area contributed by atoms with Gasteiger partial charge in [0.1, 0.15) is 55.4 Å². The minimum atomic E-state index is -1.80. The number of aliphatic hydroxyl groups is 7. The normalized spacial score (nSPS) is 38.0. The van der Waals surface area contributed by atoms with Gasteiger partial charge in [-0.3, -0.25) is 0 Å². The lowest BCUT2D eigenvalue weighted by atomic mass is 9.83. The summed E-state index contributed by atoms with van der Waals surface area (Å²) in [5, 5.41) is 73.2. The van der Waals surface area contributed by atoms with E-state index in [4.69, 9.17) is 33.2 Å². The molecule has 0 bridgehead atoms. The van der Waals surface area contributed by atoms with Crippen LogP contribution in [0.4, 0.5) is 0 Å². The number of fused-ring (bicyclic) bond motifs is 1. The van der Waals surface area contributed by atoms with Crippen molar-refractivity contribution in [2.24, 2.45) is 11.8 Å². The number of allylic oxidation sites excluding steroid dienone is 1. The summed E-state index contributed by atoms with van der Waals surface area (Å²) < 4.78 is 38.4. The van der Waals surface area contributed by atoms with Gasteiger partial charge in [-0.2, -0.15) is 0 Å². The van der Waals surface area contributed by atoms with Crippen molar-refractivity contribution >= 4 is 18.0 Å². The first-order chi connectivity index (χ1) is 23.0. The molecule has 3 heterocycles. The molecule has 7 N–H and O–H groups in total. The molecule has 2 fully saturated rings. The molecule has 264 valence electrons. The van der Waals surface area contributed by atoms with E-state index in [1.54, 1.807) is 30.3 Å².